The molecule has 2 nitrogen and oxygen atoms in total. The summed E-state index contributed by atoms with van der Waals surface area (Å²) in [6, 6.07) is 14.2. The number of nitrogens with zero attached hydrogens (tertiary/aromatic N) is 1. The Labute approximate surface area is 120 Å². The molecule has 1 aliphatic heterocycles. The van der Waals surface area contributed by atoms with Crippen molar-refractivity contribution in [2.45, 2.75) is 6.42 Å². The van der Waals surface area contributed by atoms with Gasteiger partial charge in [0, 0.05) is 22.8 Å². The average Bonchev–Trinajstić information content (AvgIpc) is 2.94. The fraction of sp³-hybridized carbons (Fsp3) is 0.0625. The van der Waals surface area contributed by atoms with E-state index in [0.717, 1.165) is 33.4 Å². The SMILES string of the molecule is Nc1ccc(-c2cc(C3=NC=CC3)ccc2Br)cc1. The fourth-order valence-corrected chi connectivity index (χ4v) is 2.62. The Hall–Kier alpha value is -1.87. The van der Waals surface area contributed by atoms with E-state index in [4.69, 9.17) is 5.73 Å². The third-order valence-electron chi connectivity index (χ3n) is 3.17. The van der Waals surface area contributed by atoms with Gasteiger partial charge in [0.05, 0.1) is 5.71 Å². The van der Waals surface area contributed by atoms with Crippen LogP contribution in [-0.2, 0) is 0 Å². The molecule has 0 fully saturated rings. The molecule has 0 saturated heterocycles. The molecule has 19 heavy (non-hydrogen) atoms. The van der Waals surface area contributed by atoms with Gasteiger partial charge in [-0.3, -0.25) is 4.99 Å². The normalized spacial score (nSPS) is 13.6. The molecule has 0 bridgehead atoms. The van der Waals surface area contributed by atoms with Crippen molar-refractivity contribution in [1.29, 1.82) is 0 Å². The van der Waals surface area contributed by atoms with E-state index in [0.29, 0.717) is 0 Å². The summed E-state index contributed by atoms with van der Waals surface area (Å²) in [6.45, 7) is 0. The Morgan fingerprint density at radius 3 is 2.42 bits per heavy atom. The molecule has 0 amide bonds. The van der Waals surface area contributed by atoms with Crippen LogP contribution in [0.3, 0.4) is 0 Å². The Balaban J connectivity index is 2.05. The topological polar surface area (TPSA) is 38.4 Å². The predicted octanol–water partition coefficient (Wildman–Crippen LogP) is 4.40. The van der Waals surface area contributed by atoms with Crippen molar-refractivity contribution in [3.8, 4) is 11.1 Å². The van der Waals surface area contributed by atoms with Crippen molar-refractivity contribution in [2.75, 3.05) is 5.73 Å². The lowest BCUT2D eigenvalue weighted by Crippen LogP contribution is -1.97. The molecule has 2 N–H and O–H groups in total. The lowest BCUT2D eigenvalue weighted by atomic mass is 10.00. The maximum Gasteiger partial charge on any atom is 0.0514 e. The third-order valence-corrected chi connectivity index (χ3v) is 3.86. The number of halogens is 1. The number of hydrogen-bond donors (Lipinski definition) is 1. The second kappa shape index (κ2) is 5.02. The summed E-state index contributed by atoms with van der Waals surface area (Å²) in [5, 5.41) is 0. The van der Waals surface area contributed by atoms with Crippen LogP contribution < -0.4 is 5.73 Å². The van der Waals surface area contributed by atoms with Crippen molar-refractivity contribution in [2.24, 2.45) is 4.99 Å². The van der Waals surface area contributed by atoms with Crippen molar-refractivity contribution in [3.05, 3.63) is 64.8 Å². The first-order valence-corrected chi connectivity index (χ1v) is 6.91. The Morgan fingerprint density at radius 2 is 1.74 bits per heavy atom. The minimum absolute atomic E-state index is 0.778. The molecule has 94 valence electrons. The highest BCUT2D eigenvalue weighted by Gasteiger charge is 2.09. The van der Waals surface area contributed by atoms with Gasteiger partial charge in [0.25, 0.3) is 0 Å². The number of nitrogen functional groups attached to an aromatic ring is 1. The van der Waals surface area contributed by atoms with Crippen molar-refractivity contribution in [1.82, 2.24) is 0 Å². The number of aliphatic imine (C=N–C) groups is 1. The maximum absolute atomic E-state index is 5.73. The number of anilines is 1. The van der Waals surface area contributed by atoms with Crippen LogP contribution in [0.1, 0.15) is 12.0 Å². The Morgan fingerprint density at radius 1 is 1.00 bits per heavy atom. The largest absolute Gasteiger partial charge is 0.399 e. The first kappa shape index (κ1) is 12.2. The molecular formula is C16H13BrN2. The number of hydrogen-bond acceptors (Lipinski definition) is 2. The van der Waals surface area contributed by atoms with Gasteiger partial charge in [-0.2, -0.15) is 0 Å². The van der Waals surface area contributed by atoms with Gasteiger partial charge in [0.1, 0.15) is 0 Å². The molecule has 3 rings (SSSR count). The minimum Gasteiger partial charge on any atom is -0.399 e. The summed E-state index contributed by atoms with van der Waals surface area (Å²) in [4.78, 5) is 4.39. The van der Waals surface area contributed by atoms with E-state index in [2.05, 4.69) is 45.2 Å². The number of benzene rings is 2. The zero-order valence-electron chi connectivity index (χ0n) is 10.3. The zero-order valence-corrected chi connectivity index (χ0v) is 11.9. The van der Waals surface area contributed by atoms with E-state index >= 15 is 0 Å². The summed E-state index contributed by atoms with van der Waals surface area (Å²) < 4.78 is 1.08. The van der Waals surface area contributed by atoms with E-state index in [9.17, 15) is 0 Å². The van der Waals surface area contributed by atoms with Crippen LogP contribution in [0.2, 0.25) is 0 Å². The maximum atomic E-state index is 5.73. The van der Waals surface area contributed by atoms with Gasteiger partial charge in [-0.25, -0.2) is 0 Å². The van der Waals surface area contributed by atoms with Crippen LogP contribution in [0.4, 0.5) is 5.69 Å². The number of nitrogens with two attached hydrogens (primary N) is 1. The molecule has 0 aromatic heterocycles. The summed E-state index contributed by atoms with van der Waals surface area (Å²) in [5.41, 5.74) is 11.1. The van der Waals surface area contributed by atoms with Gasteiger partial charge in [0.2, 0.25) is 0 Å². The monoisotopic (exact) mass is 312 g/mol. The summed E-state index contributed by atoms with van der Waals surface area (Å²) in [6.07, 6.45) is 4.84. The molecule has 1 heterocycles. The Bertz CT molecular complexity index is 670. The number of allylic oxidation sites excluding steroid dienone is 1. The number of rotatable bonds is 2. The lowest BCUT2D eigenvalue weighted by Gasteiger charge is -2.08. The van der Waals surface area contributed by atoms with Crippen molar-refractivity contribution < 1.29 is 0 Å². The van der Waals surface area contributed by atoms with E-state index < -0.39 is 0 Å². The zero-order chi connectivity index (χ0) is 13.2. The molecule has 0 aliphatic carbocycles. The Kier molecular flexibility index (Phi) is 3.22. The second-order valence-corrected chi connectivity index (χ2v) is 5.34. The van der Waals surface area contributed by atoms with Gasteiger partial charge in [0.15, 0.2) is 0 Å². The van der Waals surface area contributed by atoms with E-state index in [-0.39, 0.29) is 0 Å². The highest BCUT2D eigenvalue weighted by Crippen LogP contribution is 2.30. The van der Waals surface area contributed by atoms with Crippen LogP contribution in [0.5, 0.6) is 0 Å². The lowest BCUT2D eigenvalue weighted by molar-refractivity contribution is 1.48. The first-order chi connectivity index (χ1) is 9.24. The third kappa shape index (κ3) is 2.47. The van der Waals surface area contributed by atoms with E-state index in [1.807, 2.05) is 30.5 Å². The van der Waals surface area contributed by atoms with E-state index in [1.54, 1.807) is 0 Å². The molecule has 2 aromatic rings. The molecule has 2 aromatic carbocycles. The van der Waals surface area contributed by atoms with Gasteiger partial charge in [-0.1, -0.05) is 40.2 Å². The predicted molar refractivity (Wildman–Crippen MR) is 84.3 cm³/mol. The molecular weight excluding hydrogens is 300 g/mol. The van der Waals surface area contributed by atoms with Crippen LogP contribution in [0.25, 0.3) is 11.1 Å². The minimum atomic E-state index is 0.778. The average molecular weight is 313 g/mol. The second-order valence-electron chi connectivity index (χ2n) is 4.48. The van der Waals surface area contributed by atoms with Gasteiger partial charge >= 0.3 is 0 Å². The molecule has 3 heteroatoms. The quantitative estimate of drug-likeness (QED) is 0.820. The molecule has 1 aliphatic rings. The highest BCUT2D eigenvalue weighted by atomic mass is 79.9. The van der Waals surface area contributed by atoms with Crippen molar-refractivity contribution >= 4 is 27.3 Å². The summed E-state index contributed by atoms with van der Waals surface area (Å²) >= 11 is 3.61. The van der Waals surface area contributed by atoms with Crippen LogP contribution in [-0.4, -0.2) is 5.71 Å². The van der Waals surface area contributed by atoms with Gasteiger partial charge in [-0.05, 0) is 41.0 Å². The molecule has 0 saturated carbocycles. The molecule has 0 spiro atoms. The molecule has 0 atom stereocenters. The van der Waals surface area contributed by atoms with E-state index in [1.165, 1.54) is 5.56 Å². The first-order valence-electron chi connectivity index (χ1n) is 6.11. The van der Waals surface area contributed by atoms with Gasteiger partial charge < -0.3 is 5.73 Å². The smallest absolute Gasteiger partial charge is 0.0514 e. The standard InChI is InChI=1S/C16H13BrN2/c17-15-8-5-12(16-2-1-9-19-16)10-14(15)11-3-6-13(18)7-4-11/h1,3-10H,2,18H2. The van der Waals surface area contributed by atoms with Crippen LogP contribution >= 0.6 is 15.9 Å². The van der Waals surface area contributed by atoms with Crippen molar-refractivity contribution in [3.63, 3.8) is 0 Å². The molecule has 0 radical (unpaired) electrons. The van der Waals surface area contributed by atoms with Crippen LogP contribution in [0.15, 0.2) is 64.2 Å². The fourth-order valence-electron chi connectivity index (χ4n) is 2.14. The van der Waals surface area contributed by atoms with Gasteiger partial charge in [-0.15, -0.1) is 0 Å². The van der Waals surface area contributed by atoms with Crippen LogP contribution in [0, 0.1) is 0 Å². The molecule has 0 unspecified atom stereocenters. The summed E-state index contributed by atoms with van der Waals surface area (Å²) in [5.74, 6) is 0. The summed E-state index contributed by atoms with van der Waals surface area (Å²) in [7, 11) is 0. The highest BCUT2D eigenvalue weighted by molar-refractivity contribution is 9.10.